The summed E-state index contributed by atoms with van der Waals surface area (Å²) in [5.74, 6) is -13.6. The van der Waals surface area contributed by atoms with Gasteiger partial charge in [-0.25, -0.2) is 0 Å². The molecule has 256 valence electrons. The lowest BCUT2D eigenvalue weighted by Crippen LogP contribution is -2.70. The molecule has 1 aliphatic carbocycles. The molecule has 0 aromatic heterocycles. The first-order valence-corrected chi connectivity index (χ1v) is 13.4. The number of allylic oxidation sites excluding steroid dienone is 1. The van der Waals surface area contributed by atoms with Crippen LogP contribution in [0.4, 0.5) is 0 Å². The normalized spacial score (nSPS) is 40.2. The number of aliphatic hydroxyl groups is 9. The first-order valence-electron chi connectivity index (χ1n) is 13.4. The topological polar surface area (TPSA) is 347 Å². The Morgan fingerprint density at radius 1 is 0.804 bits per heavy atom. The van der Waals surface area contributed by atoms with Crippen LogP contribution in [-0.4, -0.2) is 156 Å². The zero-order valence-electron chi connectivity index (χ0n) is 24.0. The van der Waals surface area contributed by atoms with Gasteiger partial charge < -0.3 is 76.2 Å². The second-order valence-corrected chi connectivity index (χ2v) is 10.5. The number of ether oxygens (including phenoxy) is 4. The third kappa shape index (κ3) is 6.93. The van der Waals surface area contributed by atoms with Crippen LogP contribution in [0, 0.1) is 5.92 Å². The number of ketones is 4. The Morgan fingerprint density at radius 3 is 1.83 bits per heavy atom. The van der Waals surface area contributed by atoms with E-state index in [9.17, 15) is 70.2 Å². The van der Waals surface area contributed by atoms with Crippen molar-refractivity contribution >= 4 is 29.2 Å². The van der Waals surface area contributed by atoms with Gasteiger partial charge in [0, 0.05) is 0 Å². The zero-order chi connectivity index (χ0) is 33.4. The lowest BCUT2D eigenvalue weighted by Gasteiger charge is -2.45. The van der Waals surface area contributed by atoms with Crippen molar-refractivity contribution in [1.82, 2.24) is 6.15 Å². The van der Waals surface area contributed by atoms with Crippen molar-refractivity contribution in [2.24, 2.45) is 5.92 Å². The van der Waals surface area contributed by atoms with Gasteiger partial charge in [-0.15, -0.1) is 5.75 Å². The molecule has 0 spiro atoms. The second-order valence-electron chi connectivity index (χ2n) is 10.5. The standard InChI is InChI=1S/C27H32O18.H3N/c28-7-12-15(32)18(35)20(37)25(42-12)44-22-17(34)14(11(31)6-3-9-1-4-10(30)5-2-9)23(39)27(41,24(22)40)45-26-21(38)19(36)16(33)13(8-29)43-26;/h1-6,12-16,18-22,25-26,28-30,32-33,35-38,41H,7-8H2;1H3/b6-3+;/t12-,13-,14?,15-,16-,18+,19+,20-,21-,22-,25+,26+,27?;/m1./s1. The smallest absolute Gasteiger partial charge is 0.294 e. The highest BCUT2D eigenvalue weighted by molar-refractivity contribution is 6.37. The Labute approximate surface area is 259 Å². The van der Waals surface area contributed by atoms with E-state index < -0.39 is 116 Å². The summed E-state index contributed by atoms with van der Waals surface area (Å²) < 4.78 is 20.5. The number of hydrogen-bond acceptors (Lipinski definition) is 18. The van der Waals surface area contributed by atoms with E-state index in [2.05, 4.69) is 0 Å². The monoisotopic (exact) mass is 661 g/mol. The van der Waals surface area contributed by atoms with Gasteiger partial charge in [0.2, 0.25) is 11.6 Å². The molecule has 1 aromatic rings. The fourth-order valence-electron chi connectivity index (χ4n) is 4.92. The van der Waals surface area contributed by atoms with Gasteiger partial charge in [-0.1, -0.05) is 30.3 Å². The largest absolute Gasteiger partial charge is 0.872 e. The van der Waals surface area contributed by atoms with Gasteiger partial charge in [0.05, 0.1) is 13.2 Å². The molecular formula is C27H35NO18. The minimum atomic E-state index is -3.86. The summed E-state index contributed by atoms with van der Waals surface area (Å²) >= 11 is 0. The van der Waals surface area contributed by atoms with Crippen molar-refractivity contribution in [3.63, 3.8) is 0 Å². The van der Waals surface area contributed by atoms with E-state index in [0.29, 0.717) is 6.08 Å². The summed E-state index contributed by atoms with van der Waals surface area (Å²) in [5, 5.41) is 103. The van der Waals surface area contributed by atoms with Crippen LogP contribution in [0.25, 0.3) is 6.08 Å². The molecule has 0 bridgehead atoms. The second kappa shape index (κ2) is 14.8. The van der Waals surface area contributed by atoms with Gasteiger partial charge in [0.1, 0.15) is 54.7 Å². The van der Waals surface area contributed by atoms with Crippen molar-refractivity contribution in [2.45, 2.75) is 73.3 Å². The summed E-state index contributed by atoms with van der Waals surface area (Å²) in [6, 6.07) is 4.89. The molecule has 13 N–H and O–H groups in total. The SMILES string of the molecule is O=C(/C=C/c1ccc([O-])cc1)C1C(=O)[C@@H](O[C@@H]2O[C@H](CO)[C@@H](O)[C@H](O)[C@H]2O)C(=O)C(O)(O[C@@H]2O[C@H](CO)[C@@H](O)[C@H](O)[C@H]2O)C1=O.[NH4+]. The number of carbonyl (C=O) groups excluding carboxylic acids is 4. The summed E-state index contributed by atoms with van der Waals surface area (Å²) in [5.41, 5.74) is 0.261. The van der Waals surface area contributed by atoms with Crippen LogP contribution in [0.1, 0.15) is 5.56 Å². The quantitative estimate of drug-likeness (QED) is 0.0668. The van der Waals surface area contributed by atoms with Gasteiger partial charge >= 0.3 is 0 Å². The minimum absolute atomic E-state index is 0. The van der Waals surface area contributed by atoms with E-state index >= 15 is 0 Å². The first kappa shape index (κ1) is 37.3. The molecule has 0 radical (unpaired) electrons. The highest BCUT2D eigenvalue weighted by Crippen LogP contribution is 2.34. The lowest BCUT2D eigenvalue weighted by molar-refractivity contribution is -0.347. The summed E-state index contributed by atoms with van der Waals surface area (Å²) in [4.78, 5) is 53.6. The number of aliphatic hydroxyl groups excluding tert-OH is 8. The molecule has 2 heterocycles. The van der Waals surface area contributed by atoms with Crippen molar-refractivity contribution < 1.29 is 89.2 Å². The van der Waals surface area contributed by atoms with Gasteiger partial charge in [0.25, 0.3) is 5.79 Å². The average molecular weight is 662 g/mol. The van der Waals surface area contributed by atoms with Crippen LogP contribution in [-0.2, 0) is 38.1 Å². The average Bonchev–Trinajstić information content (AvgIpc) is 3.02. The Balaban J connectivity index is 0.00000576. The van der Waals surface area contributed by atoms with Crippen LogP contribution < -0.4 is 11.3 Å². The summed E-state index contributed by atoms with van der Waals surface area (Å²) in [6.45, 7) is -1.93. The summed E-state index contributed by atoms with van der Waals surface area (Å²) in [7, 11) is 0. The van der Waals surface area contributed by atoms with Crippen molar-refractivity contribution in [3.05, 3.63) is 35.9 Å². The molecule has 0 amide bonds. The number of carbonyl (C=O) groups is 4. The highest BCUT2D eigenvalue weighted by atomic mass is 16.8. The Hall–Kier alpha value is -3.12. The number of quaternary nitrogens is 1. The highest BCUT2D eigenvalue weighted by Gasteiger charge is 2.65. The molecule has 1 aromatic carbocycles. The molecule has 46 heavy (non-hydrogen) atoms. The van der Waals surface area contributed by atoms with Crippen LogP contribution in [0.5, 0.6) is 5.75 Å². The maximum Gasteiger partial charge on any atom is 0.294 e. The Bertz CT molecular complexity index is 1300. The predicted octanol–water partition coefficient (Wildman–Crippen LogP) is -6.25. The molecule has 2 aliphatic heterocycles. The van der Waals surface area contributed by atoms with Crippen LogP contribution >= 0.6 is 0 Å². The van der Waals surface area contributed by atoms with E-state index in [-0.39, 0.29) is 17.5 Å². The van der Waals surface area contributed by atoms with Crippen LogP contribution in [0.2, 0.25) is 0 Å². The molecule has 3 fully saturated rings. The maximum atomic E-state index is 13.5. The van der Waals surface area contributed by atoms with E-state index in [1.165, 1.54) is 12.1 Å². The van der Waals surface area contributed by atoms with E-state index in [4.69, 9.17) is 18.9 Å². The van der Waals surface area contributed by atoms with Crippen molar-refractivity contribution in [1.29, 1.82) is 0 Å². The molecule has 2 unspecified atom stereocenters. The predicted molar refractivity (Wildman–Crippen MR) is 143 cm³/mol. The minimum Gasteiger partial charge on any atom is -0.872 e. The van der Waals surface area contributed by atoms with Crippen molar-refractivity contribution in [2.75, 3.05) is 13.2 Å². The Morgan fingerprint density at radius 2 is 1.30 bits per heavy atom. The first-order chi connectivity index (χ1) is 21.2. The van der Waals surface area contributed by atoms with E-state index in [1.54, 1.807) is 0 Å². The molecule has 13 atom stereocenters. The van der Waals surface area contributed by atoms with Gasteiger partial charge in [0.15, 0.2) is 30.3 Å². The van der Waals surface area contributed by atoms with E-state index in [0.717, 1.165) is 18.2 Å². The molecule has 2 saturated heterocycles. The Kier molecular flexibility index (Phi) is 12.0. The zero-order valence-corrected chi connectivity index (χ0v) is 24.0. The fraction of sp³-hybridized carbons (Fsp3) is 0.556. The fourth-order valence-corrected chi connectivity index (χ4v) is 4.92. The van der Waals surface area contributed by atoms with Gasteiger partial charge in [-0.05, 0) is 11.6 Å². The number of benzene rings is 1. The number of rotatable bonds is 9. The van der Waals surface area contributed by atoms with Crippen molar-refractivity contribution in [3.8, 4) is 5.75 Å². The molecular weight excluding hydrogens is 626 g/mol. The van der Waals surface area contributed by atoms with Gasteiger partial charge in [-0.2, -0.15) is 0 Å². The third-order valence-corrected chi connectivity index (χ3v) is 7.57. The van der Waals surface area contributed by atoms with Crippen LogP contribution in [0.3, 0.4) is 0 Å². The van der Waals surface area contributed by atoms with E-state index in [1.807, 2.05) is 0 Å². The summed E-state index contributed by atoms with van der Waals surface area (Å²) in [6.07, 6.45) is -21.1. The maximum absolute atomic E-state index is 13.5. The van der Waals surface area contributed by atoms with Crippen LogP contribution in [0.15, 0.2) is 30.3 Å². The third-order valence-electron chi connectivity index (χ3n) is 7.57. The molecule has 19 heteroatoms. The number of Topliss-reactive ketones (excluding diaryl/α,β-unsaturated/α-hetero) is 3. The molecule has 1 saturated carbocycles. The lowest BCUT2D eigenvalue weighted by atomic mass is 9.77. The molecule has 3 aliphatic rings. The molecule has 4 rings (SSSR count). The number of hydrogen-bond donors (Lipinski definition) is 10. The molecule has 19 nitrogen and oxygen atoms in total. The van der Waals surface area contributed by atoms with Gasteiger partial charge in [-0.3, -0.25) is 19.2 Å².